The van der Waals surface area contributed by atoms with Gasteiger partial charge in [0.2, 0.25) is 0 Å². The summed E-state index contributed by atoms with van der Waals surface area (Å²) in [6.45, 7) is 1.07. The largest absolute Gasteiger partial charge is 0.326 e. The van der Waals surface area contributed by atoms with Crippen molar-refractivity contribution in [2.75, 3.05) is 0 Å². The van der Waals surface area contributed by atoms with E-state index in [4.69, 9.17) is 11.5 Å². The number of hydrogen-bond acceptors (Lipinski definition) is 4. The standard InChI is InChI=1S/C18H18N4/c19-11-13-1-5-15(6-2-13)17-18(22-10-9-21-17)16-7-3-14(12-20)4-8-16/h1-10H,11-12,19-20H2. The molecule has 1 heterocycles. The molecule has 22 heavy (non-hydrogen) atoms. The van der Waals surface area contributed by atoms with Crippen molar-refractivity contribution >= 4 is 0 Å². The first-order valence-corrected chi connectivity index (χ1v) is 7.21. The summed E-state index contributed by atoms with van der Waals surface area (Å²) >= 11 is 0. The molecule has 0 fully saturated rings. The molecule has 0 unspecified atom stereocenters. The highest BCUT2D eigenvalue weighted by molar-refractivity contribution is 5.77. The van der Waals surface area contributed by atoms with Crippen molar-refractivity contribution in [1.29, 1.82) is 0 Å². The van der Waals surface area contributed by atoms with Crippen LogP contribution in [0, 0.1) is 0 Å². The Morgan fingerprint density at radius 3 is 1.27 bits per heavy atom. The Labute approximate surface area is 129 Å². The molecule has 0 saturated heterocycles. The van der Waals surface area contributed by atoms with E-state index in [1.165, 1.54) is 0 Å². The Kier molecular flexibility index (Phi) is 4.23. The summed E-state index contributed by atoms with van der Waals surface area (Å²) in [5, 5.41) is 0. The molecule has 0 bridgehead atoms. The highest BCUT2D eigenvalue weighted by Crippen LogP contribution is 2.28. The van der Waals surface area contributed by atoms with Gasteiger partial charge in [-0.1, -0.05) is 48.5 Å². The van der Waals surface area contributed by atoms with Gasteiger partial charge in [0.1, 0.15) is 0 Å². The summed E-state index contributed by atoms with van der Waals surface area (Å²) in [5.41, 5.74) is 17.3. The fourth-order valence-corrected chi connectivity index (χ4v) is 2.36. The summed E-state index contributed by atoms with van der Waals surface area (Å²) in [6.07, 6.45) is 3.42. The SMILES string of the molecule is NCc1ccc(-c2nccnc2-c2ccc(CN)cc2)cc1. The average Bonchev–Trinajstić information content (AvgIpc) is 2.62. The molecule has 110 valence electrons. The van der Waals surface area contributed by atoms with Gasteiger partial charge in [0.25, 0.3) is 0 Å². The van der Waals surface area contributed by atoms with Gasteiger partial charge in [-0.25, -0.2) is 0 Å². The Morgan fingerprint density at radius 1 is 0.591 bits per heavy atom. The minimum absolute atomic E-state index is 0.536. The minimum Gasteiger partial charge on any atom is -0.326 e. The van der Waals surface area contributed by atoms with Gasteiger partial charge < -0.3 is 11.5 Å². The quantitative estimate of drug-likeness (QED) is 0.774. The molecule has 3 aromatic rings. The summed E-state index contributed by atoms with van der Waals surface area (Å²) in [6, 6.07) is 16.2. The molecule has 0 spiro atoms. The number of nitrogens with two attached hydrogens (primary N) is 2. The third kappa shape index (κ3) is 2.88. The molecule has 0 atom stereocenters. The number of rotatable bonds is 4. The van der Waals surface area contributed by atoms with Crippen molar-refractivity contribution in [3.63, 3.8) is 0 Å². The summed E-state index contributed by atoms with van der Waals surface area (Å²) in [5.74, 6) is 0. The van der Waals surface area contributed by atoms with E-state index in [1.54, 1.807) is 12.4 Å². The van der Waals surface area contributed by atoms with E-state index in [-0.39, 0.29) is 0 Å². The van der Waals surface area contributed by atoms with E-state index in [0.717, 1.165) is 33.6 Å². The van der Waals surface area contributed by atoms with Crippen molar-refractivity contribution in [2.24, 2.45) is 11.5 Å². The van der Waals surface area contributed by atoms with Crippen LogP contribution in [0.5, 0.6) is 0 Å². The van der Waals surface area contributed by atoms with Gasteiger partial charge in [0, 0.05) is 36.6 Å². The van der Waals surface area contributed by atoms with Gasteiger partial charge in [-0.3, -0.25) is 9.97 Å². The number of aromatic nitrogens is 2. The lowest BCUT2D eigenvalue weighted by Gasteiger charge is -2.09. The number of nitrogens with zero attached hydrogens (tertiary/aromatic N) is 2. The maximum Gasteiger partial charge on any atom is 0.0965 e. The van der Waals surface area contributed by atoms with Gasteiger partial charge in [-0.15, -0.1) is 0 Å². The van der Waals surface area contributed by atoms with Crippen molar-refractivity contribution in [1.82, 2.24) is 9.97 Å². The molecule has 2 aromatic carbocycles. The van der Waals surface area contributed by atoms with Crippen molar-refractivity contribution in [3.8, 4) is 22.5 Å². The van der Waals surface area contributed by atoms with Crippen molar-refractivity contribution in [3.05, 3.63) is 72.1 Å². The van der Waals surface area contributed by atoms with E-state index >= 15 is 0 Å². The maximum absolute atomic E-state index is 5.65. The number of hydrogen-bond donors (Lipinski definition) is 2. The maximum atomic E-state index is 5.65. The van der Waals surface area contributed by atoms with Crippen molar-refractivity contribution < 1.29 is 0 Å². The summed E-state index contributed by atoms with van der Waals surface area (Å²) < 4.78 is 0. The first kappa shape index (κ1) is 14.4. The van der Waals surface area contributed by atoms with Gasteiger partial charge in [0.15, 0.2) is 0 Å². The predicted molar refractivity (Wildman–Crippen MR) is 88.7 cm³/mol. The Balaban J connectivity index is 2.04. The zero-order valence-electron chi connectivity index (χ0n) is 12.2. The highest BCUT2D eigenvalue weighted by Gasteiger charge is 2.10. The fourth-order valence-electron chi connectivity index (χ4n) is 2.36. The lowest BCUT2D eigenvalue weighted by atomic mass is 10.0. The molecule has 4 nitrogen and oxygen atoms in total. The third-order valence-electron chi connectivity index (χ3n) is 3.62. The summed E-state index contributed by atoms with van der Waals surface area (Å²) in [7, 11) is 0. The van der Waals surface area contributed by atoms with Crippen LogP contribution in [0.4, 0.5) is 0 Å². The molecule has 0 radical (unpaired) electrons. The van der Waals surface area contributed by atoms with Gasteiger partial charge in [0.05, 0.1) is 11.4 Å². The first-order chi connectivity index (χ1) is 10.8. The second-order valence-corrected chi connectivity index (χ2v) is 5.06. The smallest absolute Gasteiger partial charge is 0.0965 e. The second kappa shape index (κ2) is 6.47. The molecule has 0 aliphatic heterocycles. The minimum atomic E-state index is 0.536. The van der Waals surface area contributed by atoms with Crippen LogP contribution in [0.1, 0.15) is 11.1 Å². The molecular formula is C18H18N4. The molecule has 0 saturated carbocycles. The lowest BCUT2D eigenvalue weighted by molar-refractivity contribution is 1.07. The Morgan fingerprint density at radius 2 is 0.955 bits per heavy atom. The molecular weight excluding hydrogens is 272 g/mol. The molecule has 0 amide bonds. The van der Waals surface area contributed by atoms with Gasteiger partial charge in [-0.2, -0.15) is 0 Å². The second-order valence-electron chi connectivity index (χ2n) is 5.06. The molecule has 0 aliphatic rings. The van der Waals surface area contributed by atoms with E-state index in [1.807, 2.05) is 48.5 Å². The molecule has 3 rings (SSSR count). The van der Waals surface area contributed by atoms with Crippen molar-refractivity contribution in [2.45, 2.75) is 13.1 Å². The fraction of sp³-hybridized carbons (Fsp3) is 0.111. The van der Waals surface area contributed by atoms with E-state index in [9.17, 15) is 0 Å². The van der Waals surface area contributed by atoms with E-state index < -0.39 is 0 Å². The normalized spacial score (nSPS) is 10.6. The molecule has 4 heteroatoms. The van der Waals surface area contributed by atoms with Crippen LogP contribution in [0.15, 0.2) is 60.9 Å². The van der Waals surface area contributed by atoms with Crippen LogP contribution in [0.2, 0.25) is 0 Å². The van der Waals surface area contributed by atoms with Gasteiger partial charge in [-0.05, 0) is 11.1 Å². The van der Waals surface area contributed by atoms with E-state index in [0.29, 0.717) is 13.1 Å². The van der Waals surface area contributed by atoms with Crippen LogP contribution in [-0.4, -0.2) is 9.97 Å². The monoisotopic (exact) mass is 290 g/mol. The van der Waals surface area contributed by atoms with Crippen LogP contribution >= 0.6 is 0 Å². The average molecular weight is 290 g/mol. The van der Waals surface area contributed by atoms with Crippen LogP contribution in [0.3, 0.4) is 0 Å². The molecule has 4 N–H and O–H groups in total. The van der Waals surface area contributed by atoms with Crippen LogP contribution in [-0.2, 0) is 13.1 Å². The molecule has 0 aliphatic carbocycles. The zero-order chi connectivity index (χ0) is 15.4. The predicted octanol–water partition coefficient (Wildman–Crippen LogP) is 2.73. The Hall–Kier alpha value is -2.56. The topological polar surface area (TPSA) is 77.8 Å². The number of benzene rings is 2. The third-order valence-corrected chi connectivity index (χ3v) is 3.62. The first-order valence-electron chi connectivity index (χ1n) is 7.21. The van der Waals surface area contributed by atoms with Gasteiger partial charge >= 0.3 is 0 Å². The summed E-state index contributed by atoms with van der Waals surface area (Å²) in [4.78, 5) is 9.01. The Bertz CT molecular complexity index is 682. The molecule has 1 aromatic heterocycles. The van der Waals surface area contributed by atoms with E-state index in [2.05, 4.69) is 9.97 Å². The highest BCUT2D eigenvalue weighted by atomic mass is 14.8. The van der Waals surface area contributed by atoms with Crippen LogP contribution < -0.4 is 11.5 Å². The zero-order valence-corrected chi connectivity index (χ0v) is 12.2. The lowest BCUT2D eigenvalue weighted by Crippen LogP contribution is -1.97. The van der Waals surface area contributed by atoms with Crippen LogP contribution in [0.25, 0.3) is 22.5 Å².